The molecule has 3 heterocycles. The van der Waals surface area contributed by atoms with Gasteiger partial charge in [-0.3, -0.25) is 14.4 Å². The number of nitrogens with one attached hydrogen (secondary N) is 1. The Balaban J connectivity index is 1.48. The number of aryl methyl sites for hydroxylation is 1. The smallest absolute Gasteiger partial charge is 0.260 e. The van der Waals surface area contributed by atoms with Crippen LogP contribution in [0.5, 0.6) is 0 Å². The zero-order valence-electron chi connectivity index (χ0n) is 14.7. The number of hydrogen-bond acceptors (Lipinski definition) is 5. The van der Waals surface area contributed by atoms with Gasteiger partial charge in [-0.05, 0) is 30.3 Å². The molecule has 138 valence electrons. The van der Waals surface area contributed by atoms with E-state index in [9.17, 15) is 14.4 Å². The fraction of sp³-hybridized carbons (Fsp3) is 0.263. The molecule has 3 aromatic rings. The Morgan fingerprint density at radius 3 is 2.96 bits per heavy atom. The number of likely N-dealkylation sites (tertiary alicyclic amines) is 1. The van der Waals surface area contributed by atoms with E-state index in [4.69, 9.17) is 4.42 Å². The summed E-state index contributed by atoms with van der Waals surface area (Å²) in [6, 6.07) is 8.56. The lowest BCUT2D eigenvalue weighted by Gasteiger charge is -2.15. The summed E-state index contributed by atoms with van der Waals surface area (Å²) in [5, 5.41) is 3.24. The third kappa shape index (κ3) is 3.33. The second-order valence-corrected chi connectivity index (χ2v) is 6.64. The number of furan rings is 1. The Kier molecular flexibility index (Phi) is 4.23. The highest BCUT2D eigenvalue weighted by molar-refractivity contribution is 5.98. The number of fused-ring (bicyclic) bond motifs is 1. The lowest BCUT2D eigenvalue weighted by Crippen LogP contribution is -2.28. The molecule has 1 aromatic carbocycles. The lowest BCUT2D eigenvalue weighted by atomic mass is 10.1. The second kappa shape index (κ2) is 6.71. The highest BCUT2D eigenvalue weighted by atomic mass is 16.3. The van der Waals surface area contributed by atoms with Gasteiger partial charge < -0.3 is 19.2 Å². The first kappa shape index (κ1) is 17.0. The SMILES string of the molecule is Cn1cnc2ccc(NC(=O)C3CC(=O)N(Cc4ccco4)C3)cc2c1=O. The van der Waals surface area contributed by atoms with Crippen LogP contribution >= 0.6 is 0 Å². The molecule has 27 heavy (non-hydrogen) atoms. The number of nitrogens with zero attached hydrogens (tertiary/aromatic N) is 3. The predicted octanol–water partition coefficient (Wildman–Crippen LogP) is 1.51. The number of carbonyl (C=O) groups excluding carboxylic acids is 2. The largest absolute Gasteiger partial charge is 0.467 e. The molecule has 4 rings (SSSR count). The molecule has 2 aromatic heterocycles. The fourth-order valence-corrected chi connectivity index (χ4v) is 3.22. The molecule has 0 aliphatic carbocycles. The molecule has 1 atom stereocenters. The van der Waals surface area contributed by atoms with E-state index in [1.165, 1.54) is 10.9 Å². The van der Waals surface area contributed by atoms with Gasteiger partial charge in [0.15, 0.2) is 0 Å². The van der Waals surface area contributed by atoms with Crippen LogP contribution in [0.25, 0.3) is 10.9 Å². The van der Waals surface area contributed by atoms with Crippen molar-refractivity contribution in [2.75, 3.05) is 11.9 Å². The maximum Gasteiger partial charge on any atom is 0.260 e. The van der Waals surface area contributed by atoms with Crippen molar-refractivity contribution in [3.8, 4) is 0 Å². The van der Waals surface area contributed by atoms with E-state index in [0.717, 1.165) is 0 Å². The van der Waals surface area contributed by atoms with Crippen LogP contribution in [0.15, 0.2) is 52.1 Å². The van der Waals surface area contributed by atoms with E-state index in [1.54, 1.807) is 48.5 Å². The molecule has 1 aliphatic heterocycles. The van der Waals surface area contributed by atoms with E-state index < -0.39 is 5.92 Å². The highest BCUT2D eigenvalue weighted by Gasteiger charge is 2.34. The summed E-state index contributed by atoms with van der Waals surface area (Å²) in [4.78, 5) is 42.8. The van der Waals surface area contributed by atoms with Gasteiger partial charge in [0.05, 0.1) is 36.0 Å². The number of aromatic nitrogens is 2. The van der Waals surface area contributed by atoms with E-state index in [1.807, 2.05) is 0 Å². The maximum atomic E-state index is 12.6. The maximum absolute atomic E-state index is 12.6. The molecule has 8 heteroatoms. The molecule has 1 N–H and O–H groups in total. The van der Waals surface area contributed by atoms with Gasteiger partial charge in [0.25, 0.3) is 5.56 Å². The minimum absolute atomic E-state index is 0.0804. The monoisotopic (exact) mass is 366 g/mol. The topological polar surface area (TPSA) is 97.4 Å². The standard InChI is InChI=1S/C19H18N4O4/c1-22-11-20-16-5-4-13(8-15(16)19(22)26)21-18(25)12-7-17(24)23(9-12)10-14-3-2-6-27-14/h2-6,8,11-12H,7,9-10H2,1H3,(H,21,25). The molecule has 0 saturated carbocycles. The van der Waals surface area contributed by atoms with Gasteiger partial charge in [-0.2, -0.15) is 0 Å². The van der Waals surface area contributed by atoms with E-state index in [0.29, 0.717) is 35.4 Å². The van der Waals surface area contributed by atoms with Crippen molar-refractivity contribution in [2.45, 2.75) is 13.0 Å². The predicted molar refractivity (Wildman–Crippen MR) is 97.8 cm³/mol. The molecule has 1 fully saturated rings. The molecular formula is C19H18N4O4. The van der Waals surface area contributed by atoms with Crippen molar-refractivity contribution in [1.29, 1.82) is 0 Å². The molecule has 2 amide bonds. The number of carbonyl (C=O) groups is 2. The molecule has 1 saturated heterocycles. The van der Waals surface area contributed by atoms with Crippen LogP contribution in [0, 0.1) is 5.92 Å². The van der Waals surface area contributed by atoms with E-state index in [2.05, 4.69) is 10.3 Å². The summed E-state index contributed by atoms with van der Waals surface area (Å²) in [7, 11) is 1.62. The third-order valence-electron chi connectivity index (χ3n) is 4.70. The Bertz CT molecular complexity index is 1070. The molecule has 0 radical (unpaired) electrons. The normalized spacial score (nSPS) is 16.9. The molecule has 1 unspecified atom stereocenters. The molecular weight excluding hydrogens is 348 g/mol. The number of anilines is 1. The molecule has 0 spiro atoms. The van der Waals surface area contributed by atoms with Crippen LogP contribution in [-0.4, -0.2) is 32.8 Å². The quantitative estimate of drug-likeness (QED) is 0.755. The second-order valence-electron chi connectivity index (χ2n) is 6.64. The Morgan fingerprint density at radius 1 is 1.33 bits per heavy atom. The molecule has 1 aliphatic rings. The van der Waals surface area contributed by atoms with Gasteiger partial charge in [0.1, 0.15) is 5.76 Å². The van der Waals surface area contributed by atoms with Gasteiger partial charge in [-0.1, -0.05) is 0 Å². The van der Waals surface area contributed by atoms with Crippen molar-refractivity contribution in [2.24, 2.45) is 13.0 Å². The molecule has 0 bridgehead atoms. The highest BCUT2D eigenvalue weighted by Crippen LogP contribution is 2.23. The zero-order valence-corrected chi connectivity index (χ0v) is 14.7. The summed E-state index contributed by atoms with van der Waals surface area (Å²) >= 11 is 0. The van der Waals surface area contributed by atoms with Crippen molar-refractivity contribution in [3.63, 3.8) is 0 Å². The van der Waals surface area contributed by atoms with Crippen LogP contribution in [-0.2, 0) is 23.2 Å². The first-order chi connectivity index (χ1) is 13.0. The Hall–Kier alpha value is -3.42. The van der Waals surface area contributed by atoms with Crippen LogP contribution in [0.2, 0.25) is 0 Å². The van der Waals surface area contributed by atoms with Crippen molar-refractivity contribution < 1.29 is 14.0 Å². The first-order valence-electron chi connectivity index (χ1n) is 8.57. The number of amides is 2. The van der Waals surface area contributed by atoms with E-state index >= 15 is 0 Å². The summed E-state index contributed by atoms with van der Waals surface area (Å²) in [5.74, 6) is -0.0873. The van der Waals surface area contributed by atoms with Crippen molar-refractivity contribution in [3.05, 3.63) is 59.0 Å². The minimum atomic E-state index is -0.445. The van der Waals surface area contributed by atoms with Gasteiger partial charge in [-0.25, -0.2) is 4.98 Å². The van der Waals surface area contributed by atoms with Gasteiger partial charge in [0, 0.05) is 25.7 Å². The summed E-state index contributed by atoms with van der Waals surface area (Å²) in [6.45, 7) is 0.690. The number of rotatable bonds is 4. The van der Waals surface area contributed by atoms with Crippen LogP contribution in [0.1, 0.15) is 12.2 Å². The van der Waals surface area contributed by atoms with Crippen LogP contribution < -0.4 is 10.9 Å². The lowest BCUT2D eigenvalue weighted by molar-refractivity contribution is -0.128. The van der Waals surface area contributed by atoms with E-state index in [-0.39, 0.29) is 23.8 Å². The average molecular weight is 366 g/mol. The van der Waals surface area contributed by atoms with Crippen molar-refractivity contribution in [1.82, 2.24) is 14.5 Å². The Morgan fingerprint density at radius 2 is 2.19 bits per heavy atom. The summed E-state index contributed by atoms with van der Waals surface area (Å²) in [6.07, 6.45) is 3.17. The number of benzene rings is 1. The number of hydrogen-bond donors (Lipinski definition) is 1. The van der Waals surface area contributed by atoms with Gasteiger partial charge in [0.2, 0.25) is 11.8 Å². The van der Waals surface area contributed by atoms with Gasteiger partial charge in [-0.15, -0.1) is 0 Å². The van der Waals surface area contributed by atoms with Gasteiger partial charge >= 0.3 is 0 Å². The average Bonchev–Trinajstić information content (AvgIpc) is 3.29. The first-order valence-corrected chi connectivity index (χ1v) is 8.57. The van der Waals surface area contributed by atoms with Crippen molar-refractivity contribution >= 4 is 28.4 Å². The van der Waals surface area contributed by atoms with Crippen LogP contribution in [0.4, 0.5) is 5.69 Å². The fourth-order valence-electron chi connectivity index (χ4n) is 3.22. The molecule has 8 nitrogen and oxygen atoms in total. The zero-order chi connectivity index (χ0) is 19.0. The minimum Gasteiger partial charge on any atom is -0.467 e. The third-order valence-corrected chi connectivity index (χ3v) is 4.70. The Labute approximate surface area is 154 Å². The van der Waals surface area contributed by atoms with Crippen LogP contribution in [0.3, 0.4) is 0 Å². The summed E-state index contributed by atoms with van der Waals surface area (Å²) < 4.78 is 6.65. The summed E-state index contributed by atoms with van der Waals surface area (Å²) in [5.41, 5.74) is 0.892.